The summed E-state index contributed by atoms with van der Waals surface area (Å²) in [4.78, 5) is 31.7. The SMILES string of the molecule is CC(=O)On1c(-c2ccccc2)c(C(=O)/C=C/c2cccs2)c2cc(C#N)c(C#N)cc21. The lowest BCUT2D eigenvalue weighted by Crippen LogP contribution is -2.18. The minimum atomic E-state index is -0.588. The number of carbonyl (C=O) groups excluding carboxylic acids is 2. The molecular formula is C25H15N3O3S. The van der Waals surface area contributed by atoms with Crippen LogP contribution in [0.25, 0.3) is 28.2 Å². The minimum Gasteiger partial charge on any atom is -0.336 e. The molecule has 0 bridgehead atoms. The number of hydrogen-bond acceptors (Lipinski definition) is 6. The lowest BCUT2D eigenvalue weighted by atomic mass is 9.99. The van der Waals surface area contributed by atoms with Gasteiger partial charge in [-0.05, 0) is 35.7 Å². The van der Waals surface area contributed by atoms with Crippen molar-refractivity contribution in [3.63, 3.8) is 0 Å². The first-order valence-corrected chi connectivity index (χ1v) is 10.4. The maximum absolute atomic E-state index is 13.4. The Morgan fingerprint density at radius 2 is 1.75 bits per heavy atom. The molecule has 0 atom stereocenters. The van der Waals surface area contributed by atoms with Gasteiger partial charge >= 0.3 is 5.97 Å². The van der Waals surface area contributed by atoms with Gasteiger partial charge in [-0.1, -0.05) is 36.4 Å². The number of nitrogens with zero attached hydrogens (tertiary/aromatic N) is 3. The van der Waals surface area contributed by atoms with Gasteiger partial charge in [0, 0.05) is 22.8 Å². The monoisotopic (exact) mass is 437 g/mol. The van der Waals surface area contributed by atoms with E-state index >= 15 is 0 Å². The van der Waals surface area contributed by atoms with E-state index in [0.717, 1.165) is 4.88 Å². The molecule has 4 rings (SSSR count). The van der Waals surface area contributed by atoms with Crippen LogP contribution in [0.4, 0.5) is 0 Å². The number of ketones is 1. The molecule has 2 aromatic carbocycles. The van der Waals surface area contributed by atoms with Gasteiger partial charge in [0.25, 0.3) is 0 Å². The van der Waals surface area contributed by atoms with Crippen LogP contribution in [0.2, 0.25) is 0 Å². The van der Waals surface area contributed by atoms with Crippen molar-refractivity contribution in [1.29, 1.82) is 10.5 Å². The zero-order chi connectivity index (χ0) is 22.7. The number of carbonyl (C=O) groups is 2. The van der Waals surface area contributed by atoms with Crippen molar-refractivity contribution in [2.24, 2.45) is 0 Å². The van der Waals surface area contributed by atoms with Crippen LogP contribution in [0, 0.1) is 22.7 Å². The van der Waals surface area contributed by atoms with Gasteiger partial charge < -0.3 is 4.84 Å². The molecule has 0 fully saturated rings. The van der Waals surface area contributed by atoms with Gasteiger partial charge in [0.05, 0.1) is 27.9 Å². The van der Waals surface area contributed by atoms with Crippen LogP contribution in [0.1, 0.15) is 33.3 Å². The number of thiophene rings is 1. The van der Waals surface area contributed by atoms with E-state index in [9.17, 15) is 20.1 Å². The lowest BCUT2D eigenvalue weighted by molar-refractivity contribution is -0.140. The molecule has 154 valence electrons. The number of rotatable bonds is 5. The van der Waals surface area contributed by atoms with Gasteiger partial charge in [-0.25, -0.2) is 4.79 Å². The van der Waals surface area contributed by atoms with E-state index < -0.39 is 5.97 Å². The normalized spacial score (nSPS) is 10.7. The van der Waals surface area contributed by atoms with Crippen molar-refractivity contribution < 1.29 is 14.4 Å². The predicted molar refractivity (Wildman–Crippen MR) is 122 cm³/mol. The van der Waals surface area contributed by atoms with Crippen LogP contribution in [-0.2, 0) is 4.79 Å². The number of hydrogen-bond donors (Lipinski definition) is 0. The second-order valence-electron chi connectivity index (χ2n) is 6.82. The number of nitriles is 2. The summed E-state index contributed by atoms with van der Waals surface area (Å²) < 4.78 is 1.27. The van der Waals surface area contributed by atoms with Crippen molar-refractivity contribution in [1.82, 2.24) is 4.73 Å². The summed E-state index contributed by atoms with van der Waals surface area (Å²) in [6.07, 6.45) is 3.17. The fraction of sp³-hybridized carbons (Fsp3) is 0.0400. The van der Waals surface area contributed by atoms with Crippen molar-refractivity contribution in [2.45, 2.75) is 6.92 Å². The van der Waals surface area contributed by atoms with E-state index in [1.807, 2.05) is 47.9 Å². The molecule has 0 aliphatic carbocycles. The first kappa shape index (κ1) is 20.8. The van der Waals surface area contributed by atoms with E-state index in [-0.39, 0.29) is 22.5 Å². The van der Waals surface area contributed by atoms with Gasteiger partial charge in [-0.3, -0.25) is 4.79 Å². The zero-order valence-corrected chi connectivity index (χ0v) is 17.7. The van der Waals surface area contributed by atoms with Gasteiger partial charge in [-0.2, -0.15) is 15.3 Å². The van der Waals surface area contributed by atoms with Crippen LogP contribution in [0.3, 0.4) is 0 Å². The molecule has 4 aromatic rings. The third-order valence-electron chi connectivity index (χ3n) is 4.76. The van der Waals surface area contributed by atoms with Crippen LogP contribution in [0.5, 0.6) is 0 Å². The average molecular weight is 437 g/mol. The molecule has 0 aliphatic rings. The van der Waals surface area contributed by atoms with Crippen molar-refractivity contribution in [2.75, 3.05) is 0 Å². The van der Waals surface area contributed by atoms with E-state index in [4.69, 9.17) is 4.84 Å². The Morgan fingerprint density at radius 1 is 1.03 bits per heavy atom. The summed E-state index contributed by atoms with van der Waals surface area (Å²) in [6, 6.07) is 19.8. The third kappa shape index (κ3) is 3.81. The maximum atomic E-state index is 13.4. The predicted octanol–water partition coefficient (Wildman–Crippen LogP) is 4.98. The van der Waals surface area contributed by atoms with Gasteiger partial charge in [0.1, 0.15) is 12.1 Å². The molecule has 0 spiro atoms. The van der Waals surface area contributed by atoms with Gasteiger partial charge in [0.2, 0.25) is 0 Å². The molecule has 0 radical (unpaired) electrons. The van der Waals surface area contributed by atoms with E-state index in [1.54, 1.807) is 18.2 Å². The summed E-state index contributed by atoms with van der Waals surface area (Å²) in [7, 11) is 0. The molecule has 7 heteroatoms. The smallest absolute Gasteiger partial charge is 0.329 e. The highest BCUT2D eigenvalue weighted by Gasteiger charge is 2.26. The summed E-state index contributed by atoms with van der Waals surface area (Å²) in [5.74, 6) is -0.906. The van der Waals surface area contributed by atoms with Crippen molar-refractivity contribution >= 4 is 40.1 Å². The Kier molecular flexibility index (Phi) is 5.67. The fourth-order valence-electron chi connectivity index (χ4n) is 3.45. The molecule has 2 heterocycles. The summed E-state index contributed by atoms with van der Waals surface area (Å²) >= 11 is 1.50. The standard InChI is InChI=1S/C25H15N3O3S/c1-16(29)31-28-22-13-19(15-27)18(14-26)12-21(22)24(25(28)17-6-3-2-4-7-17)23(30)10-9-20-8-5-11-32-20/h2-13H,1H3/b10-9+. The first-order chi connectivity index (χ1) is 15.5. The van der Waals surface area contributed by atoms with Crippen molar-refractivity contribution in [3.8, 4) is 23.4 Å². The Balaban J connectivity index is 2.07. The van der Waals surface area contributed by atoms with E-state index in [2.05, 4.69) is 0 Å². The largest absolute Gasteiger partial charge is 0.336 e. The first-order valence-electron chi connectivity index (χ1n) is 9.56. The Morgan fingerprint density at radius 3 is 2.38 bits per heavy atom. The highest BCUT2D eigenvalue weighted by atomic mass is 32.1. The number of fused-ring (bicyclic) bond motifs is 1. The van der Waals surface area contributed by atoms with Gasteiger partial charge in [-0.15, -0.1) is 11.3 Å². The van der Waals surface area contributed by atoms with Crippen LogP contribution in [0.15, 0.2) is 66.1 Å². The van der Waals surface area contributed by atoms with E-state index in [1.165, 1.54) is 41.2 Å². The molecule has 2 aromatic heterocycles. The van der Waals surface area contributed by atoms with Gasteiger partial charge in [0.15, 0.2) is 5.78 Å². The molecule has 0 saturated carbocycles. The summed E-state index contributed by atoms with van der Waals surface area (Å²) in [5.41, 5.74) is 1.91. The lowest BCUT2D eigenvalue weighted by Gasteiger charge is -2.10. The Labute approximate surface area is 187 Å². The zero-order valence-electron chi connectivity index (χ0n) is 16.9. The minimum absolute atomic E-state index is 0.124. The Bertz CT molecular complexity index is 1450. The molecule has 32 heavy (non-hydrogen) atoms. The number of benzene rings is 2. The summed E-state index contributed by atoms with van der Waals surface area (Å²) in [6.45, 7) is 1.26. The molecule has 6 nitrogen and oxygen atoms in total. The average Bonchev–Trinajstić information content (AvgIpc) is 3.43. The summed E-state index contributed by atoms with van der Waals surface area (Å²) in [5, 5.41) is 21.3. The number of allylic oxidation sites excluding steroid dienone is 1. The quantitative estimate of drug-likeness (QED) is 0.324. The van der Waals surface area contributed by atoms with E-state index in [0.29, 0.717) is 22.2 Å². The molecule has 0 aliphatic heterocycles. The highest BCUT2D eigenvalue weighted by Crippen LogP contribution is 2.35. The topological polar surface area (TPSA) is 95.9 Å². The second kappa shape index (κ2) is 8.73. The molecule has 0 amide bonds. The van der Waals surface area contributed by atoms with Crippen molar-refractivity contribution in [3.05, 3.63) is 87.6 Å². The second-order valence-corrected chi connectivity index (χ2v) is 7.80. The maximum Gasteiger partial charge on any atom is 0.329 e. The highest BCUT2D eigenvalue weighted by molar-refractivity contribution is 7.10. The third-order valence-corrected chi connectivity index (χ3v) is 5.60. The van der Waals surface area contributed by atoms with Crippen LogP contribution < -0.4 is 4.84 Å². The number of aromatic nitrogens is 1. The molecular weight excluding hydrogens is 422 g/mol. The molecule has 0 N–H and O–H groups in total. The Hall–Kier alpha value is -4.46. The fourth-order valence-corrected chi connectivity index (χ4v) is 4.07. The van der Waals surface area contributed by atoms with Crippen LogP contribution >= 0.6 is 11.3 Å². The molecule has 0 unspecified atom stereocenters. The van der Waals surface area contributed by atoms with Crippen LogP contribution in [-0.4, -0.2) is 16.5 Å². The molecule has 0 saturated heterocycles.